The predicted molar refractivity (Wildman–Crippen MR) is 51.1 cm³/mol. The Balaban J connectivity index is 2.99. The molecule has 0 aliphatic heterocycles. The maximum absolute atomic E-state index is 10.9. The van der Waals surface area contributed by atoms with Crippen LogP contribution in [-0.2, 0) is 9.59 Å². The molecule has 1 aromatic heterocycles. The van der Waals surface area contributed by atoms with Gasteiger partial charge < -0.3 is 10.0 Å². The molecule has 0 aromatic carbocycles. The Morgan fingerprint density at radius 2 is 2.43 bits per heavy atom. The van der Waals surface area contributed by atoms with Crippen molar-refractivity contribution in [2.45, 2.75) is 13.0 Å². The van der Waals surface area contributed by atoms with Crippen LogP contribution < -0.4 is 0 Å². The number of carboxylic acids is 1. The molecule has 1 heterocycles. The molecule has 1 atom stereocenters. The highest BCUT2D eigenvalue weighted by atomic mass is 32.1. The summed E-state index contributed by atoms with van der Waals surface area (Å²) in [5, 5.41) is 11.1. The molecule has 0 aliphatic carbocycles. The van der Waals surface area contributed by atoms with Crippen molar-refractivity contribution in [1.29, 1.82) is 0 Å². The Kier molecular flexibility index (Phi) is 3.19. The van der Waals surface area contributed by atoms with Crippen LogP contribution in [0.3, 0.4) is 0 Å². The van der Waals surface area contributed by atoms with Crippen LogP contribution in [0.5, 0.6) is 0 Å². The number of nitrogens with zero attached hydrogens (tertiary/aromatic N) is 2. The minimum atomic E-state index is -1.08. The van der Waals surface area contributed by atoms with Gasteiger partial charge in [-0.2, -0.15) is 0 Å². The van der Waals surface area contributed by atoms with Crippen LogP contribution in [0.1, 0.15) is 16.7 Å². The van der Waals surface area contributed by atoms with Gasteiger partial charge in [0.2, 0.25) is 6.41 Å². The zero-order valence-corrected chi connectivity index (χ0v) is 8.61. The lowest BCUT2D eigenvalue weighted by atomic mass is 10.3. The molecule has 1 rings (SSSR count). The molecule has 1 N–H and O–H groups in total. The monoisotopic (exact) mass is 214 g/mol. The maximum atomic E-state index is 10.9. The van der Waals surface area contributed by atoms with Crippen molar-refractivity contribution < 1.29 is 14.7 Å². The second-order valence-electron chi connectivity index (χ2n) is 2.84. The number of amides is 1. The van der Waals surface area contributed by atoms with Crippen molar-refractivity contribution in [3.63, 3.8) is 0 Å². The maximum Gasteiger partial charge on any atom is 0.333 e. The summed E-state index contributed by atoms with van der Waals surface area (Å²) >= 11 is 1.24. The highest BCUT2D eigenvalue weighted by molar-refractivity contribution is 7.09. The van der Waals surface area contributed by atoms with Crippen molar-refractivity contribution >= 4 is 23.7 Å². The molecule has 0 radical (unpaired) electrons. The summed E-state index contributed by atoms with van der Waals surface area (Å²) in [5.74, 6) is -1.08. The first-order valence-corrected chi connectivity index (χ1v) is 4.76. The summed E-state index contributed by atoms with van der Waals surface area (Å²) < 4.78 is 0. The Hall–Kier alpha value is -1.43. The van der Waals surface area contributed by atoms with Gasteiger partial charge >= 0.3 is 5.97 Å². The van der Waals surface area contributed by atoms with Crippen LogP contribution in [0.2, 0.25) is 0 Å². The number of likely N-dealkylation sites (N-methyl/N-ethyl adjacent to an activating group) is 1. The van der Waals surface area contributed by atoms with Crippen molar-refractivity contribution in [1.82, 2.24) is 9.88 Å². The van der Waals surface area contributed by atoms with Gasteiger partial charge in [-0.1, -0.05) is 0 Å². The standard InChI is InChI=1S/C8H10N2O3S/c1-5-3-14-7(9-5)6(8(12)13)10(2)4-11/h3-4,6H,1-2H3,(H,12,13). The molecule has 0 aliphatic rings. The smallest absolute Gasteiger partial charge is 0.333 e. The van der Waals surface area contributed by atoms with Gasteiger partial charge in [0.1, 0.15) is 5.01 Å². The van der Waals surface area contributed by atoms with Crippen molar-refractivity contribution in [2.75, 3.05) is 7.05 Å². The van der Waals surface area contributed by atoms with Gasteiger partial charge in [-0.3, -0.25) is 4.79 Å². The van der Waals surface area contributed by atoms with E-state index in [4.69, 9.17) is 5.11 Å². The van der Waals surface area contributed by atoms with Gasteiger partial charge in [0.05, 0.1) is 0 Å². The molecule has 76 valence electrons. The fourth-order valence-electron chi connectivity index (χ4n) is 1.01. The van der Waals surface area contributed by atoms with Crippen LogP contribution >= 0.6 is 11.3 Å². The molecule has 0 saturated heterocycles. The largest absolute Gasteiger partial charge is 0.479 e. The molecule has 1 unspecified atom stereocenters. The number of rotatable bonds is 4. The molecule has 6 heteroatoms. The van der Waals surface area contributed by atoms with E-state index in [2.05, 4.69) is 4.98 Å². The lowest BCUT2D eigenvalue weighted by Gasteiger charge is -2.17. The summed E-state index contributed by atoms with van der Waals surface area (Å²) in [4.78, 5) is 26.5. The summed E-state index contributed by atoms with van der Waals surface area (Å²) in [7, 11) is 1.42. The number of carbonyl (C=O) groups is 2. The molecule has 0 bridgehead atoms. The number of thiazole rings is 1. The van der Waals surface area contributed by atoms with Crippen LogP contribution in [0.25, 0.3) is 0 Å². The summed E-state index contributed by atoms with van der Waals surface area (Å²) in [5.41, 5.74) is 0.760. The highest BCUT2D eigenvalue weighted by Gasteiger charge is 2.26. The molecule has 1 amide bonds. The van der Waals surface area contributed by atoms with Crippen LogP contribution in [0.4, 0.5) is 0 Å². The molecule has 0 spiro atoms. The third-order valence-corrected chi connectivity index (χ3v) is 2.69. The average molecular weight is 214 g/mol. The van der Waals surface area contributed by atoms with Gasteiger partial charge in [0.15, 0.2) is 6.04 Å². The second kappa shape index (κ2) is 4.19. The fourth-order valence-corrected chi connectivity index (χ4v) is 1.95. The highest BCUT2D eigenvalue weighted by Crippen LogP contribution is 2.22. The summed E-state index contributed by atoms with van der Waals surface area (Å²) in [6.07, 6.45) is 0.482. The van der Waals surface area contributed by atoms with E-state index in [0.29, 0.717) is 11.4 Å². The Bertz CT molecular complexity index is 350. The summed E-state index contributed by atoms with van der Waals surface area (Å²) in [6.45, 7) is 1.78. The Morgan fingerprint density at radius 1 is 1.79 bits per heavy atom. The molecular weight excluding hydrogens is 204 g/mol. The van der Waals surface area contributed by atoms with Gasteiger partial charge in [0, 0.05) is 18.1 Å². The number of aliphatic carboxylic acids is 1. The van der Waals surface area contributed by atoms with Crippen LogP contribution in [0, 0.1) is 6.92 Å². The van der Waals surface area contributed by atoms with Gasteiger partial charge in [-0.15, -0.1) is 11.3 Å². The number of aryl methyl sites for hydroxylation is 1. The normalized spacial score (nSPS) is 12.1. The van der Waals surface area contributed by atoms with E-state index in [0.717, 1.165) is 10.6 Å². The van der Waals surface area contributed by atoms with Crippen LogP contribution in [0.15, 0.2) is 5.38 Å². The van der Waals surface area contributed by atoms with Crippen molar-refractivity contribution in [3.8, 4) is 0 Å². The topological polar surface area (TPSA) is 70.5 Å². The lowest BCUT2D eigenvalue weighted by Crippen LogP contribution is -2.29. The zero-order valence-electron chi connectivity index (χ0n) is 7.80. The quantitative estimate of drug-likeness (QED) is 0.748. The lowest BCUT2D eigenvalue weighted by molar-refractivity contribution is -0.145. The predicted octanol–water partition coefficient (Wildman–Crippen LogP) is 0.665. The minimum absolute atomic E-state index is 0.421. The molecule has 5 nitrogen and oxygen atoms in total. The third kappa shape index (κ3) is 2.08. The van der Waals surface area contributed by atoms with Gasteiger partial charge in [-0.05, 0) is 6.92 Å². The molecule has 1 aromatic rings. The van der Waals surface area contributed by atoms with Gasteiger partial charge in [-0.25, -0.2) is 9.78 Å². The number of aromatic nitrogens is 1. The van der Waals surface area contributed by atoms with E-state index < -0.39 is 12.0 Å². The number of hydrogen-bond donors (Lipinski definition) is 1. The number of carboxylic acid groups (broad SMARTS) is 1. The van der Waals surface area contributed by atoms with E-state index in [1.165, 1.54) is 18.4 Å². The van der Waals surface area contributed by atoms with E-state index in [1.807, 2.05) is 0 Å². The minimum Gasteiger partial charge on any atom is -0.479 e. The molecule has 0 saturated carbocycles. The molecular formula is C8H10N2O3S. The van der Waals surface area contributed by atoms with Crippen molar-refractivity contribution in [2.24, 2.45) is 0 Å². The van der Waals surface area contributed by atoms with Crippen molar-refractivity contribution in [3.05, 3.63) is 16.1 Å². The average Bonchev–Trinajstić information content (AvgIpc) is 2.51. The number of hydrogen-bond acceptors (Lipinski definition) is 4. The fraction of sp³-hybridized carbons (Fsp3) is 0.375. The Morgan fingerprint density at radius 3 is 2.79 bits per heavy atom. The van der Waals surface area contributed by atoms with E-state index in [-0.39, 0.29) is 0 Å². The first kappa shape index (κ1) is 10.6. The first-order chi connectivity index (χ1) is 6.56. The Labute approximate surface area is 85.0 Å². The first-order valence-electron chi connectivity index (χ1n) is 3.88. The van der Waals surface area contributed by atoms with Crippen LogP contribution in [-0.4, -0.2) is 34.4 Å². The number of carbonyl (C=O) groups excluding carboxylic acids is 1. The van der Waals surface area contributed by atoms with E-state index >= 15 is 0 Å². The van der Waals surface area contributed by atoms with E-state index in [1.54, 1.807) is 12.3 Å². The second-order valence-corrected chi connectivity index (χ2v) is 3.73. The molecule has 14 heavy (non-hydrogen) atoms. The van der Waals surface area contributed by atoms with Gasteiger partial charge in [0.25, 0.3) is 0 Å². The molecule has 0 fully saturated rings. The third-order valence-electron chi connectivity index (χ3n) is 1.68. The SMILES string of the molecule is Cc1csc(C(C(=O)O)N(C)C=O)n1. The zero-order chi connectivity index (χ0) is 10.7. The van der Waals surface area contributed by atoms with E-state index in [9.17, 15) is 9.59 Å². The summed E-state index contributed by atoms with van der Waals surface area (Å²) in [6, 6.07) is -0.980.